The molecule has 46 heavy (non-hydrogen) atoms. The van der Waals surface area contributed by atoms with Crippen LogP contribution in [0.2, 0.25) is 25.7 Å². The number of hydrogen-bond donors (Lipinski definition) is 0. The van der Waals surface area contributed by atoms with Crippen LogP contribution >= 0.6 is 0 Å². The van der Waals surface area contributed by atoms with E-state index in [1.165, 1.54) is 11.4 Å². The van der Waals surface area contributed by atoms with E-state index >= 15 is 0 Å². The number of methoxy groups -OCH3 is 1. The standard InChI is InChI=1S/C34H62N2O8SSi/c1-12-13-14-15-16-17-35(45(41,42)18-19-46(9,10)11)22-25(21-28(38)44-33(3,4)5)31(39)36-23-26-29(34(26,6)7)30(36)27(37)20-24(2)32(40)43-8/h24-26,29-30H,12-23H2,1-11H3/t24-,25+,26+,29+,30-/m1/s1. The van der Waals surface area contributed by atoms with Crippen LogP contribution in [0.25, 0.3) is 0 Å². The van der Waals surface area contributed by atoms with Gasteiger partial charge in [-0.1, -0.05) is 73.0 Å². The summed E-state index contributed by atoms with van der Waals surface area (Å²) in [7, 11) is -4.13. The fourth-order valence-electron chi connectivity index (χ4n) is 6.68. The SMILES string of the molecule is CCCCCCCN(C[C@H](CC(=O)OC(C)(C)C)C(=O)N1C[C@H]2[C@@H]([C@H]1C(=O)C[C@@H](C)C(=O)OC)C2(C)C)S(=O)(=O)CC[Si](C)(C)C. The third-order valence-corrected chi connectivity index (χ3v) is 13.5. The molecule has 266 valence electrons. The van der Waals surface area contributed by atoms with Gasteiger partial charge in [-0.05, 0) is 50.5 Å². The molecule has 1 aliphatic heterocycles. The highest BCUT2D eigenvalue weighted by Crippen LogP contribution is 2.65. The monoisotopic (exact) mass is 686 g/mol. The molecule has 0 bridgehead atoms. The number of hydrogen-bond acceptors (Lipinski definition) is 8. The highest BCUT2D eigenvalue weighted by atomic mass is 32.2. The quantitative estimate of drug-likeness (QED) is 0.0987. The van der Waals surface area contributed by atoms with Crippen molar-refractivity contribution in [1.29, 1.82) is 0 Å². The zero-order valence-corrected chi connectivity index (χ0v) is 32.3. The van der Waals surface area contributed by atoms with Gasteiger partial charge in [0.15, 0.2) is 5.78 Å². The summed E-state index contributed by atoms with van der Waals surface area (Å²) >= 11 is 0. The van der Waals surface area contributed by atoms with Gasteiger partial charge in [0.25, 0.3) is 0 Å². The van der Waals surface area contributed by atoms with Crippen LogP contribution in [-0.4, -0.2) is 93.5 Å². The number of ketones is 1. The van der Waals surface area contributed by atoms with Gasteiger partial charge in [-0.15, -0.1) is 0 Å². The second-order valence-electron chi connectivity index (χ2n) is 16.4. The van der Waals surface area contributed by atoms with Gasteiger partial charge in [0, 0.05) is 34.1 Å². The molecule has 0 unspecified atom stereocenters. The number of amides is 1. The highest BCUT2D eigenvalue weighted by molar-refractivity contribution is 7.89. The molecule has 5 atom stereocenters. The normalized spacial score (nSPS) is 22.3. The van der Waals surface area contributed by atoms with E-state index < -0.39 is 59.4 Å². The van der Waals surface area contributed by atoms with E-state index in [4.69, 9.17) is 9.47 Å². The van der Waals surface area contributed by atoms with Gasteiger partial charge < -0.3 is 14.4 Å². The molecule has 1 aliphatic carbocycles. The molecule has 1 amide bonds. The maximum atomic E-state index is 14.5. The Balaban J connectivity index is 2.44. The zero-order chi connectivity index (χ0) is 35.3. The number of nitrogens with zero attached hydrogens (tertiary/aromatic N) is 2. The fourth-order valence-corrected chi connectivity index (χ4v) is 11.2. The number of piperidine rings is 1. The number of fused-ring (bicyclic) bond motifs is 1. The van der Waals surface area contributed by atoms with E-state index in [1.807, 2.05) is 0 Å². The maximum absolute atomic E-state index is 14.5. The lowest BCUT2D eigenvalue weighted by Crippen LogP contribution is -2.51. The number of ether oxygens (including phenoxy) is 2. The van der Waals surface area contributed by atoms with Crippen LogP contribution in [0.1, 0.15) is 93.4 Å². The highest BCUT2D eigenvalue weighted by Gasteiger charge is 2.69. The first-order valence-corrected chi connectivity index (χ1v) is 22.5. The summed E-state index contributed by atoms with van der Waals surface area (Å²) < 4.78 is 39.5. The number of sulfonamides is 1. The first kappa shape index (κ1) is 40.4. The van der Waals surface area contributed by atoms with Gasteiger partial charge >= 0.3 is 11.9 Å². The maximum Gasteiger partial charge on any atom is 0.308 e. The Bertz CT molecular complexity index is 1190. The molecule has 1 saturated heterocycles. The predicted molar refractivity (Wildman–Crippen MR) is 183 cm³/mol. The Morgan fingerprint density at radius 2 is 1.63 bits per heavy atom. The second-order valence-corrected chi connectivity index (χ2v) is 24.1. The van der Waals surface area contributed by atoms with Gasteiger partial charge in [0.05, 0.1) is 37.2 Å². The molecule has 1 heterocycles. The number of unbranched alkanes of at least 4 members (excludes halogenated alkanes) is 4. The molecule has 1 saturated carbocycles. The summed E-state index contributed by atoms with van der Waals surface area (Å²) in [6.07, 6.45) is 4.32. The lowest BCUT2D eigenvalue weighted by molar-refractivity contribution is -0.159. The summed E-state index contributed by atoms with van der Waals surface area (Å²) in [5, 5.41) is 0. The number of likely N-dealkylation sites (tertiary alicyclic amines) is 1. The van der Waals surface area contributed by atoms with Crippen molar-refractivity contribution in [2.45, 2.75) is 131 Å². The third kappa shape index (κ3) is 11.4. The van der Waals surface area contributed by atoms with Crippen molar-refractivity contribution in [3.05, 3.63) is 0 Å². The van der Waals surface area contributed by atoms with Crippen LogP contribution in [0.5, 0.6) is 0 Å². The minimum atomic E-state index is -3.72. The third-order valence-electron chi connectivity index (χ3n) is 9.55. The fraction of sp³-hybridized carbons (Fsp3) is 0.882. The summed E-state index contributed by atoms with van der Waals surface area (Å²) in [6.45, 7) is 20.0. The summed E-state index contributed by atoms with van der Waals surface area (Å²) in [4.78, 5) is 55.1. The Labute approximate surface area is 279 Å². The summed E-state index contributed by atoms with van der Waals surface area (Å²) in [6, 6.07) is -0.155. The van der Waals surface area contributed by atoms with Crippen molar-refractivity contribution in [3.63, 3.8) is 0 Å². The Morgan fingerprint density at radius 3 is 2.17 bits per heavy atom. The molecule has 0 spiro atoms. The molecule has 0 radical (unpaired) electrons. The van der Waals surface area contributed by atoms with Gasteiger partial charge in [-0.25, -0.2) is 12.7 Å². The number of Topliss-reactive ketones (excluding diaryl/α,β-unsaturated/α-hetero) is 1. The van der Waals surface area contributed by atoms with E-state index in [2.05, 4.69) is 40.4 Å². The number of carbonyl (C=O) groups excluding carboxylic acids is 4. The summed E-state index contributed by atoms with van der Waals surface area (Å²) in [5.41, 5.74) is -0.925. The van der Waals surface area contributed by atoms with Crippen molar-refractivity contribution in [3.8, 4) is 0 Å². The molecule has 0 aromatic heterocycles. The van der Waals surface area contributed by atoms with Crippen LogP contribution in [0, 0.1) is 29.1 Å². The molecular formula is C34H62N2O8SSi. The van der Waals surface area contributed by atoms with Crippen molar-refractivity contribution < 1.29 is 37.1 Å². The van der Waals surface area contributed by atoms with Gasteiger partial charge in [0.2, 0.25) is 15.9 Å². The van der Waals surface area contributed by atoms with Crippen LogP contribution in [0.15, 0.2) is 0 Å². The number of carbonyl (C=O) groups is 4. The zero-order valence-electron chi connectivity index (χ0n) is 30.4. The molecule has 0 aromatic carbocycles. The lowest BCUT2D eigenvalue weighted by atomic mass is 9.92. The van der Waals surface area contributed by atoms with Crippen molar-refractivity contribution >= 4 is 41.7 Å². The second kappa shape index (κ2) is 16.1. The molecule has 2 aliphatic rings. The largest absolute Gasteiger partial charge is 0.469 e. The smallest absolute Gasteiger partial charge is 0.308 e. The summed E-state index contributed by atoms with van der Waals surface area (Å²) in [5.74, 6) is -3.32. The van der Waals surface area contributed by atoms with Crippen molar-refractivity contribution in [1.82, 2.24) is 9.21 Å². The molecule has 0 N–H and O–H groups in total. The molecule has 2 rings (SSSR count). The Morgan fingerprint density at radius 1 is 1.02 bits per heavy atom. The van der Waals surface area contributed by atoms with E-state index in [0.717, 1.165) is 25.7 Å². The predicted octanol–water partition coefficient (Wildman–Crippen LogP) is 5.53. The molecular weight excluding hydrogens is 625 g/mol. The van der Waals surface area contributed by atoms with Crippen molar-refractivity contribution in [2.75, 3.05) is 32.5 Å². The Kier molecular flexibility index (Phi) is 14.1. The molecule has 2 fully saturated rings. The van der Waals surface area contributed by atoms with Gasteiger partial charge in [0.1, 0.15) is 5.60 Å². The van der Waals surface area contributed by atoms with Gasteiger partial charge in [-0.2, -0.15) is 0 Å². The van der Waals surface area contributed by atoms with E-state index in [9.17, 15) is 27.6 Å². The molecule has 0 aromatic rings. The van der Waals surface area contributed by atoms with E-state index in [0.29, 0.717) is 19.0 Å². The number of esters is 2. The molecule has 12 heteroatoms. The Hall–Kier alpha value is -1.79. The topological polar surface area (TPSA) is 127 Å². The van der Waals surface area contributed by atoms with Gasteiger partial charge in [-0.3, -0.25) is 19.2 Å². The van der Waals surface area contributed by atoms with E-state index in [1.54, 1.807) is 32.6 Å². The van der Waals surface area contributed by atoms with Crippen LogP contribution < -0.4 is 0 Å². The van der Waals surface area contributed by atoms with Crippen LogP contribution in [0.3, 0.4) is 0 Å². The lowest BCUT2D eigenvalue weighted by Gasteiger charge is -2.35. The first-order valence-electron chi connectivity index (χ1n) is 17.2. The first-order chi connectivity index (χ1) is 21.1. The average molecular weight is 687 g/mol. The van der Waals surface area contributed by atoms with Crippen LogP contribution in [-0.2, 0) is 38.7 Å². The minimum Gasteiger partial charge on any atom is -0.469 e. The average Bonchev–Trinajstić information content (AvgIpc) is 3.25. The van der Waals surface area contributed by atoms with E-state index in [-0.39, 0.29) is 54.7 Å². The minimum absolute atomic E-state index is 0.000387. The molecule has 10 nitrogen and oxygen atoms in total. The number of rotatable bonds is 19. The van der Waals surface area contributed by atoms with Crippen molar-refractivity contribution in [2.24, 2.45) is 29.1 Å². The van der Waals surface area contributed by atoms with Crippen LogP contribution in [0.4, 0.5) is 0 Å².